The van der Waals surface area contributed by atoms with E-state index in [4.69, 9.17) is 4.74 Å². The van der Waals surface area contributed by atoms with E-state index < -0.39 is 40.0 Å². The number of unbranched alkanes of at least 4 members (excludes halogenated alkanes) is 2. The first-order chi connectivity index (χ1) is 23.1. The highest BCUT2D eigenvalue weighted by Gasteiger charge is 2.42. The van der Waals surface area contributed by atoms with Crippen LogP contribution >= 0.6 is 24.4 Å². The predicted octanol–water partition coefficient (Wildman–Crippen LogP) is 5.95. The molecule has 48 heavy (non-hydrogen) atoms. The van der Waals surface area contributed by atoms with Crippen molar-refractivity contribution < 1.29 is 27.9 Å². The summed E-state index contributed by atoms with van der Waals surface area (Å²) in [6, 6.07) is 18.0. The molecule has 0 aromatic heterocycles. The zero-order chi connectivity index (χ0) is 34.7. The second-order valence-corrected chi connectivity index (χ2v) is 14.8. The Morgan fingerprint density at radius 2 is 1.73 bits per heavy atom. The van der Waals surface area contributed by atoms with Gasteiger partial charge in [0.2, 0.25) is 15.9 Å². The van der Waals surface area contributed by atoms with Crippen LogP contribution in [0.5, 0.6) is 11.5 Å². The lowest BCUT2D eigenvalue weighted by Gasteiger charge is -2.37. The number of phenols is 1. The quantitative estimate of drug-likeness (QED) is 0.0908. The Labute approximate surface area is 293 Å². The normalized spacial score (nSPS) is 15.5. The lowest BCUT2D eigenvalue weighted by molar-refractivity contribution is -0.130. The maximum absolute atomic E-state index is 14.2. The van der Waals surface area contributed by atoms with Crippen LogP contribution < -0.4 is 25.0 Å². The highest BCUT2D eigenvalue weighted by atomic mass is 32.2. The number of aromatic hydroxyl groups is 1. The summed E-state index contributed by atoms with van der Waals surface area (Å²) in [7, 11) is -4.01. The molecule has 0 aliphatic carbocycles. The summed E-state index contributed by atoms with van der Waals surface area (Å²) in [6.45, 7) is 4.51. The Kier molecular flexibility index (Phi) is 13.5. The van der Waals surface area contributed by atoms with Crippen molar-refractivity contribution in [1.29, 1.82) is 0 Å². The zero-order valence-corrected chi connectivity index (χ0v) is 30.2. The molecule has 1 atom stereocenters. The van der Waals surface area contributed by atoms with Crippen LogP contribution in [0.25, 0.3) is 0 Å². The van der Waals surface area contributed by atoms with Gasteiger partial charge >= 0.3 is 0 Å². The molecule has 260 valence electrons. The molecule has 3 aromatic rings. The van der Waals surface area contributed by atoms with Crippen molar-refractivity contribution in [3.8, 4) is 11.5 Å². The van der Waals surface area contributed by atoms with E-state index in [1.165, 1.54) is 30.0 Å². The van der Waals surface area contributed by atoms with Gasteiger partial charge in [0.15, 0.2) is 6.61 Å². The second-order valence-electron chi connectivity index (χ2n) is 11.9. The number of nitrogens with zero attached hydrogens (tertiary/aromatic N) is 1. The molecule has 3 aromatic carbocycles. The number of hydrogen-bond acceptors (Lipinski definition) is 9. The molecule has 0 fully saturated rings. The number of amides is 2. The number of para-hydroxylation sites is 1. The third kappa shape index (κ3) is 9.40. The van der Waals surface area contributed by atoms with Crippen molar-refractivity contribution in [1.82, 2.24) is 15.4 Å². The fourth-order valence-corrected chi connectivity index (χ4v) is 8.15. The van der Waals surface area contributed by atoms with Crippen LogP contribution in [-0.4, -0.2) is 62.6 Å². The zero-order valence-electron chi connectivity index (χ0n) is 27.7. The molecule has 1 aliphatic rings. The standard InChI is InChI=1S/C35H46N4O6S3/c1-4-6-17-35(18-7-5-2)24-39(26-11-9-8-10-12-26)28-21-30(47-3)29(22-31(28)48(43,44)38-35)45-23-32(41)37-33(34(42)36-19-20-46)25-13-15-27(40)16-14-25/h8-16,21-22,33,38,40,46H,4-7,17-20,23-24H2,1-3H3,(H,36,42)(H,37,41)/t33-/m1/s1. The number of carbonyl (C=O) groups is 2. The summed E-state index contributed by atoms with van der Waals surface area (Å²) < 4.78 is 37.6. The van der Waals surface area contributed by atoms with E-state index in [0.717, 1.165) is 31.4 Å². The molecule has 0 saturated carbocycles. The number of benzene rings is 3. The number of rotatable bonds is 16. The van der Waals surface area contributed by atoms with Gasteiger partial charge in [-0.25, -0.2) is 13.1 Å². The minimum atomic E-state index is -4.01. The highest BCUT2D eigenvalue weighted by molar-refractivity contribution is 7.98. The fourth-order valence-electron chi connectivity index (χ4n) is 5.84. The maximum Gasteiger partial charge on any atom is 0.258 e. The molecule has 13 heteroatoms. The minimum Gasteiger partial charge on any atom is -0.508 e. The van der Waals surface area contributed by atoms with Gasteiger partial charge in [-0.15, -0.1) is 11.8 Å². The third-order valence-electron chi connectivity index (χ3n) is 8.29. The summed E-state index contributed by atoms with van der Waals surface area (Å²) >= 11 is 5.52. The molecule has 2 amide bonds. The number of carbonyl (C=O) groups excluding carboxylic acids is 2. The largest absolute Gasteiger partial charge is 0.508 e. The van der Waals surface area contributed by atoms with Crippen molar-refractivity contribution in [2.45, 2.75) is 73.7 Å². The number of thiol groups is 1. The molecule has 0 bridgehead atoms. The summed E-state index contributed by atoms with van der Waals surface area (Å²) in [5.41, 5.74) is 1.21. The average Bonchev–Trinajstić information content (AvgIpc) is 3.18. The average molecular weight is 715 g/mol. The SMILES string of the molecule is CCCCC1(CCCC)CN(c2ccccc2)c2cc(SC)c(OCC(=O)N[C@@H](C(=O)NCCS)c3ccc(O)cc3)cc2S(=O)(=O)N1. The van der Waals surface area contributed by atoms with Gasteiger partial charge in [0.05, 0.1) is 16.1 Å². The van der Waals surface area contributed by atoms with Crippen molar-refractivity contribution in [2.24, 2.45) is 0 Å². The van der Waals surface area contributed by atoms with Crippen LogP contribution in [-0.2, 0) is 19.6 Å². The molecular formula is C35H46N4O6S3. The third-order valence-corrected chi connectivity index (χ3v) is 10.9. The van der Waals surface area contributed by atoms with Crippen LogP contribution in [0, 0.1) is 0 Å². The van der Waals surface area contributed by atoms with E-state index in [0.29, 0.717) is 47.8 Å². The van der Waals surface area contributed by atoms with Crippen LogP contribution in [0.15, 0.2) is 76.5 Å². The van der Waals surface area contributed by atoms with Gasteiger partial charge < -0.3 is 25.4 Å². The minimum absolute atomic E-state index is 0.0268. The number of thioether (sulfide) groups is 1. The Bertz CT molecular complexity index is 1630. The number of sulfonamides is 1. The van der Waals surface area contributed by atoms with Gasteiger partial charge in [-0.2, -0.15) is 12.6 Å². The number of nitrogens with one attached hydrogen (secondary N) is 3. The molecule has 4 rings (SSSR count). The van der Waals surface area contributed by atoms with Crippen molar-refractivity contribution in [3.63, 3.8) is 0 Å². The monoisotopic (exact) mass is 714 g/mol. The highest BCUT2D eigenvalue weighted by Crippen LogP contribution is 2.44. The first-order valence-electron chi connectivity index (χ1n) is 16.2. The van der Waals surface area contributed by atoms with Crippen LogP contribution in [0.3, 0.4) is 0 Å². The van der Waals surface area contributed by atoms with E-state index >= 15 is 0 Å². The van der Waals surface area contributed by atoms with Gasteiger partial charge in [-0.3, -0.25) is 9.59 Å². The molecular weight excluding hydrogens is 669 g/mol. The molecule has 1 aliphatic heterocycles. The number of hydrogen-bond donors (Lipinski definition) is 5. The number of phenolic OH excluding ortho intramolecular Hbond substituents is 1. The molecule has 1 heterocycles. The first-order valence-corrected chi connectivity index (χ1v) is 19.6. The first kappa shape index (κ1) is 37.4. The lowest BCUT2D eigenvalue weighted by atomic mass is 9.87. The number of anilines is 2. The lowest BCUT2D eigenvalue weighted by Crippen LogP contribution is -2.53. The Hall–Kier alpha value is -3.39. The van der Waals surface area contributed by atoms with Crippen molar-refractivity contribution in [3.05, 3.63) is 72.3 Å². The van der Waals surface area contributed by atoms with E-state index in [-0.39, 0.29) is 16.4 Å². The van der Waals surface area contributed by atoms with Gasteiger partial charge in [-0.1, -0.05) is 69.9 Å². The van der Waals surface area contributed by atoms with Gasteiger partial charge in [-0.05, 0) is 55.0 Å². The summed E-state index contributed by atoms with van der Waals surface area (Å²) in [4.78, 5) is 29.0. The van der Waals surface area contributed by atoms with E-state index in [9.17, 15) is 23.1 Å². The number of ether oxygens (including phenoxy) is 1. The van der Waals surface area contributed by atoms with Crippen molar-refractivity contribution in [2.75, 3.05) is 36.6 Å². The second kappa shape index (κ2) is 17.3. The Morgan fingerprint density at radius 3 is 2.33 bits per heavy atom. The maximum atomic E-state index is 14.2. The summed E-state index contributed by atoms with van der Waals surface area (Å²) in [5.74, 6) is -0.338. The predicted molar refractivity (Wildman–Crippen MR) is 195 cm³/mol. The van der Waals surface area contributed by atoms with Crippen LogP contribution in [0.2, 0.25) is 0 Å². The van der Waals surface area contributed by atoms with E-state index in [1.54, 1.807) is 12.1 Å². The van der Waals surface area contributed by atoms with E-state index in [2.05, 4.69) is 46.7 Å². The van der Waals surface area contributed by atoms with Gasteiger partial charge in [0.25, 0.3) is 5.91 Å². The number of fused-ring (bicyclic) bond motifs is 1. The van der Waals surface area contributed by atoms with E-state index in [1.807, 2.05) is 42.7 Å². The molecule has 10 nitrogen and oxygen atoms in total. The molecule has 0 radical (unpaired) electrons. The molecule has 0 unspecified atom stereocenters. The smallest absolute Gasteiger partial charge is 0.258 e. The van der Waals surface area contributed by atoms with Gasteiger partial charge in [0, 0.05) is 30.6 Å². The Morgan fingerprint density at radius 1 is 1.06 bits per heavy atom. The topological polar surface area (TPSA) is 137 Å². The fraction of sp³-hybridized carbons (Fsp3) is 0.429. The summed E-state index contributed by atoms with van der Waals surface area (Å²) in [6.07, 6.45) is 6.89. The molecule has 0 saturated heterocycles. The van der Waals surface area contributed by atoms with Crippen molar-refractivity contribution >= 4 is 57.6 Å². The molecule has 4 N–H and O–H groups in total. The molecule has 0 spiro atoms. The van der Waals surface area contributed by atoms with Crippen LogP contribution in [0.4, 0.5) is 11.4 Å². The van der Waals surface area contributed by atoms with Crippen LogP contribution in [0.1, 0.15) is 64.0 Å². The van der Waals surface area contributed by atoms with Gasteiger partial charge in [0.1, 0.15) is 22.4 Å². The Balaban J connectivity index is 1.69. The summed E-state index contributed by atoms with van der Waals surface area (Å²) in [5, 5.41) is 15.1.